The monoisotopic (exact) mass is 303 g/mol. The molecule has 0 aromatic heterocycles. The van der Waals surface area contributed by atoms with Crippen LogP contribution in [0.5, 0.6) is 0 Å². The van der Waals surface area contributed by atoms with Crippen molar-refractivity contribution in [2.45, 2.75) is 6.04 Å². The molecule has 0 fully saturated rings. The largest absolute Gasteiger partial charge is 0.320 e. The van der Waals surface area contributed by atoms with Crippen molar-refractivity contribution in [2.75, 3.05) is 0 Å². The van der Waals surface area contributed by atoms with Crippen molar-refractivity contribution in [2.24, 2.45) is 5.73 Å². The van der Waals surface area contributed by atoms with Crippen LogP contribution in [0.4, 0.5) is 4.39 Å². The van der Waals surface area contributed by atoms with E-state index in [-0.39, 0.29) is 0 Å². The lowest BCUT2D eigenvalue weighted by Gasteiger charge is -2.15. The van der Waals surface area contributed by atoms with Crippen molar-refractivity contribution in [3.05, 3.63) is 68.4 Å². The summed E-state index contributed by atoms with van der Waals surface area (Å²) in [5, 5.41) is 1.04. The second kappa shape index (κ2) is 5.45. The maximum absolute atomic E-state index is 13.8. The van der Waals surface area contributed by atoms with E-state index in [0.29, 0.717) is 26.2 Å². The molecular formula is C13H9Cl3FN. The van der Waals surface area contributed by atoms with Gasteiger partial charge in [0.1, 0.15) is 5.82 Å². The van der Waals surface area contributed by atoms with Crippen molar-refractivity contribution in [3.63, 3.8) is 0 Å². The lowest BCUT2D eigenvalue weighted by molar-refractivity contribution is 0.600. The number of hydrogen-bond acceptors (Lipinski definition) is 1. The number of nitrogens with two attached hydrogens (primary N) is 1. The van der Waals surface area contributed by atoms with Gasteiger partial charge in [-0.1, -0.05) is 53.0 Å². The summed E-state index contributed by atoms with van der Waals surface area (Å²) < 4.78 is 13.8. The zero-order chi connectivity index (χ0) is 13.3. The summed E-state index contributed by atoms with van der Waals surface area (Å²) in [5.74, 6) is -0.467. The van der Waals surface area contributed by atoms with Gasteiger partial charge >= 0.3 is 0 Å². The minimum atomic E-state index is -0.687. The van der Waals surface area contributed by atoms with Crippen LogP contribution < -0.4 is 5.73 Å². The van der Waals surface area contributed by atoms with Gasteiger partial charge in [-0.25, -0.2) is 4.39 Å². The fourth-order valence-electron chi connectivity index (χ4n) is 1.68. The van der Waals surface area contributed by atoms with E-state index in [1.165, 1.54) is 6.07 Å². The first-order valence-electron chi connectivity index (χ1n) is 5.15. The van der Waals surface area contributed by atoms with E-state index >= 15 is 0 Å². The molecule has 5 heteroatoms. The van der Waals surface area contributed by atoms with Crippen molar-refractivity contribution >= 4 is 34.8 Å². The van der Waals surface area contributed by atoms with Gasteiger partial charge in [0, 0.05) is 10.6 Å². The van der Waals surface area contributed by atoms with E-state index in [9.17, 15) is 4.39 Å². The molecule has 0 heterocycles. The summed E-state index contributed by atoms with van der Waals surface area (Å²) in [5.41, 5.74) is 6.91. The summed E-state index contributed by atoms with van der Waals surface area (Å²) in [7, 11) is 0. The Balaban J connectivity index is 2.48. The van der Waals surface area contributed by atoms with Gasteiger partial charge < -0.3 is 5.73 Å². The van der Waals surface area contributed by atoms with Crippen LogP contribution in [0.1, 0.15) is 17.2 Å². The van der Waals surface area contributed by atoms with Gasteiger partial charge in [-0.3, -0.25) is 0 Å². The summed E-state index contributed by atoms with van der Waals surface area (Å²) >= 11 is 17.7. The Morgan fingerprint density at radius 3 is 2.39 bits per heavy atom. The highest BCUT2D eigenvalue weighted by Crippen LogP contribution is 2.33. The fraction of sp³-hybridized carbons (Fsp3) is 0.0769. The first kappa shape index (κ1) is 13.6. The molecule has 2 rings (SSSR count). The summed E-state index contributed by atoms with van der Waals surface area (Å²) in [6.45, 7) is 0. The molecule has 0 aliphatic carbocycles. The lowest BCUT2D eigenvalue weighted by atomic mass is 9.99. The van der Waals surface area contributed by atoms with Crippen molar-refractivity contribution in [1.82, 2.24) is 0 Å². The molecule has 0 saturated carbocycles. The van der Waals surface area contributed by atoms with Crippen LogP contribution >= 0.6 is 34.8 Å². The molecular weight excluding hydrogens is 296 g/mol. The van der Waals surface area contributed by atoms with Gasteiger partial charge in [0.2, 0.25) is 0 Å². The molecule has 94 valence electrons. The third-order valence-corrected chi connectivity index (χ3v) is 3.68. The van der Waals surface area contributed by atoms with Crippen LogP contribution in [0.15, 0.2) is 36.4 Å². The summed E-state index contributed by atoms with van der Waals surface area (Å²) in [6, 6.07) is 8.74. The van der Waals surface area contributed by atoms with Crippen LogP contribution in [-0.4, -0.2) is 0 Å². The Bertz CT molecular complexity index is 586. The van der Waals surface area contributed by atoms with E-state index < -0.39 is 11.9 Å². The van der Waals surface area contributed by atoms with Gasteiger partial charge in [0.15, 0.2) is 0 Å². The normalized spacial score (nSPS) is 12.5. The van der Waals surface area contributed by atoms with E-state index in [0.717, 1.165) is 0 Å². The molecule has 1 nitrogen and oxygen atoms in total. The predicted molar refractivity (Wildman–Crippen MR) is 73.9 cm³/mol. The zero-order valence-electron chi connectivity index (χ0n) is 9.13. The zero-order valence-corrected chi connectivity index (χ0v) is 11.4. The summed E-state index contributed by atoms with van der Waals surface area (Å²) in [4.78, 5) is 0. The van der Waals surface area contributed by atoms with Crippen LogP contribution in [0.3, 0.4) is 0 Å². The molecule has 0 aliphatic rings. The van der Waals surface area contributed by atoms with Crippen molar-refractivity contribution in [3.8, 4) is 0 Å². The Morgan fingerprint density at radius 2 is 1.72 bits per heavy atom. The highest BCUT2D eigenvalue weighted by Gasteiger charge is 2.17. The molecule has 0 bridgehead atoms. The van der Waals surface area contributed by atoms with E-state index in [4.69, 9.17) is 40.5 Å². The SMILES string of the molecule is NC(c1ccc(Cl)cc1F)c1cccc(Cl)c1Cl. The number of rotatable bonds is 2. The van der Waals surface area contributed by atoms with Gasteiger partial charge in [0.05, 0.1) is 16.1 Å². The van der Waals surface area contributed by atoms with E-state index in [2.05, 4.69) is 0 Å². The molecule has 1 unspecified atom stereocenters. The Morgan fingerprint density at radius 1 is 1.00 bits per heavy atom. The highest BCUT2D eigenvalue weighted by molar-refractivity contribution is 6.42. The Hall–Kier alpha value is -0.800. The van der Waals surface area contributed by atoms with E-state index in [1.54, 1.807) is 30.3 Å². The molecule has 0 spiro atoms. The van der Waals surface area contributed by atoms with Gasteiger partial charge in [-0.15, -0.1) is 0 Å². The molecule has 0 amide bonds. The molecule has 0 saturated heterocycles. The quantitative estimate of drug-likeness (QED) is 0.844. The number of hydrogen-bond donors (Lipinski definition) is 1. The predicted octanol–water partition coefficient (Wildman–Crippen LogP) is 4.83. The first-order chi connectivity index (χ1) is 8.50. The van der Waals surface area contributed by atoms with Gasteiger partial charge in [0.25, 0.3) is 0 Å². The standard InChI is InChI=1S/C13H9Cl3FN/c14-7-4-5-8(11(17)6-7)13(18)9-2-1-3-10(15)12(9)16/h1-6,13H,18H2. The third kappa shape index (κ3) is 2.62. The maximum Gasteiger partial charge on any atom is 0.129 e. The number of benzene rings is 2. The molecule has 2 aromatic carbocycles. The molecule has 2 aromatic rings. The summed E-state index contributed by atoms with van der Waals surface area (Å²) in [6.07, 6.45) is 0. The Kier molecular flexibility index (Phi) is 4.13. The minimum absolute atomic E-state index is 0.320. The van der Waals surface area contributed by atoms with Crippen molar-refractivity contribution < 1.29 is 4.39 Å². The van der Waals surface area contributed by atoms with Gasteiger partial charge in [-0.05, 0) is 23.8 Å². The smallest absolute Gasteiger partial charge is 0.129 e. The Labute approximate surface area is 119 Å². The third-order valence-electron chi connectivity index (χ3n) is 2.61. The van der Waals surface area contributed by atoms with Crippen LogP contribution in [-0.2, 0) is 0 Å². The van der Waals surface area contributed by atoms with Crippen LogP contribution in [0, 0.1) is 5.82 Å². The minimum Gasteiger partial charge on any atom is -0.320 e. The average Bonchev–Trinajstić information content (AvgIpc) is 2.32. The molecule has 1 atom stereocenters. The maximum atomic E-state index is 13.8. The average molecular weight is 305 g/mol. The number of halogens is 4. The second-order valence-corrected chi connectivity index (χ2v) is 5.01. The van der Waals surface area contributed by atoms with Crippen LogP contribution in [0.25, 0.3) is 0 Å². The second-order valence-electron chi connectivity index (χ2n) is 3.79. The molecule has 0 radical (unpaired) electrons. The highest BCUT2D eigenvalue weighted by atomic mass is 35.5. The van der Waals surface area contributed by atoms with Crippen LogP contribution in [0.2, 0.25) is 15.1 Å². The fourth-order valence-corrected chi connectivity index (χ4v) is 2.27. The molecule has 18 heavy (non-hydrogen) atoms. The van der Waals surface area contributed by atoms with E-state index in [1.807, 2.05) is 0 Å². The van der Waals surface area contributed by atoms with Gasteiger partial charge in [-0.2, -0.15) is 0 Å². The topological polar surface area (TPSA) is 26.0 Å². The molecule has 0 aliphatic heterocycles. The molecule has 2 N–H and O–H groups in total. The van der Waals surface area contributed by atoms with Crippen molar-refractivity contribution in [1.29, 1.82) is 0 Å². The first-order valence-corrected chi connectivity index (χ1v) is 6.28. The lowest BCUT2D eigenvalue weighted by Crippen LogP contribution is -2.14.